The first-order chi connectivity index (χ1) is 7.93. The highest BCUT2D eigenvalue weighted by atomic mass is 16.3. The molecular weight excluding hydrogens is 212 g/mol. The third-order valence-corrected chi connectivity index (χ3v) is 4.01. The van der Waals surface area contributed by atoms with Crippen LogP contribution in [0, 0.1) is 11.8 Å². The Morgan fingerprint density at radius 1 is 1.47 bits per heavy atom. The molecule has 2 nitrogen and oxygen atoms in total. The molecule has 100 valence electrons. The van der Waals surface area contributed by atoms with Crippen molar-refractivity contribution >= 4 is 0 Å². The van der Waals surface area contributed by atoms with Crippen molar-refractivity contribution in [3.8, 4) is 0 Å². The monoisotopic (exact) mass is 240 g/mol. The molecule has 0 aromatic carbocycles. The quantitative estimate of drug-likeness (QED) is 0.699. The molecule has 0 heterocycles. The van der Waals surface area contributed by atoms with Crippen LogP contribution >= 0.6 is 0 Å². The van der Waals surface area contributed by atoms with Gasteiger partial charge in [0.05, 0.1) is 5.60 Å². The van der Waals surface area contributed by atoms with Crippen LogP contribution in [0.4, 0.5) is 0 Å². The lowest BCUT2D eigenvalue weighted by molar-refractivity contribution is 0.0124. The average Bonchev–Trinajstić information content (AvgIpc) is 2.28. The zero-order chi connectivity index (χ0) is 12.9. The van der Waals surface area contributed by atoms with Crippen molar-refractivity contribution < 1.29 is 10.2 Å². The second-order valence-corrected chi connectivity index (χ2v) is 6.17. The summed E-state index contributed by atoms with van der Waals surface area (Å²) < 4.78 is 0. The first-order valence-electron chi connectivity index (χ1n) is 6.94. The Morgan fingerprint density at radius 2 is 2.18 bits per heavy atom. The van der Waals surface area contributed by atoms with E-state index in [1.165, 1.54) is 12.8 Å². The number of hydrogen-bond donors (Lipinski definition) is 2. The number of rotatable bonds is 6. The predicted molar refractivity (Wildman–Crippen MR) is 71.8 cm³/mol. The first-order valence-corrected chi connectivity index (χ1v) is 6.94. The van der Waals surface area contributed by atoms with Crippen LogP contribution in [0.5, 0.6) is 0 Å². The van der Waals surface area contributed by atoms with Crippen molar-refractivity contribution in [3.05, 3.63) is 11.6 Å². The summed E-state index contributed by atoms with van der Waals surface area (Å²) in [4.78, 5) is 0. The van der Waals surface area contributed by atoms with Gasteiger partial charge in [-0.05, 0) is 64.2 Å². The Labute approximate surface area is 106 Å². The van der Waals surface area contributed by atoms with E-state index in [2.05, 4.69) is 13.0 Å². The van der Waals surface area contributed by atoms with Crippen LogP contribution in [0.3, 0.4) is 0 Å². The SMILES string of the molecule is C[C@H](CO)CCCC1=CC[C@H](C(C)(C)O)CC1. The van der Waals surface area contributed by atoms with Crippen molar-refractivity contribution in [2.24, 2.45) is 11.8 Å². The second-order valence-electron chi connectivity index (χ2n) is 6.17. The lowest BCUT2D eigenvalue weighted by atomic mass is 9.78. The van der Waals surface area contributed by atoms with Gasteiger partial charge in [0.1, 0.15) is 0 Å². The van der Waals surface area contributed by atoms with E-state index in [-0.39, 0.29) is 0 Å². The fourth-order valence-electron chi connectivity index (χ4n) is 2.53. The Balaban J connectivity index is 2.27. The zero-order valence-electron chi connectivity index (χ0n) is 11.6. The number of aliphatic hydroxyl groups excluding tert-OH is 1. The minimum absolute atomic E-state index is 0.305. The highest BCUT2D eigenvalue weighted by Gasteiger charge is 2.27. The maximum atomic E-state index is 9.95. The standard InChI is InChI=1S/C15H28O2/c1-12(11-16)5-4-6-13-7-9-14(10-8-13)15(2,3)17/h7,12,14,16-17H,4-6,8-11H2,1-3H3/t12-,14-/m0/s1. The van der Waals surface area contributed by atoms with Gasteiger partial charge in [0.2, 0.25) is 0 Å². The summed E-state index contributed by atoms with van der Waals surface area (Å²) in [6.07, 6.45) is 9.07. The van der Waals surface area contributed by atoms with Gasteiger partial charge in [0.15, 0.2) is 0 Å². The Hall–Kier alpha value is -0.340. The molecule has 0 aromatic heterocycles. The maximum absolute atomic E-state index is 9.95. The Kier molecular flexibility index (Phi) is 5.68. The van der Waals surface area contributed by atoms with Gasteiger partial charge in [-0.3, -0.25) is 0 Å². The van der Waals surface area contributed by atoms with Gasteiger partial charge in [0.25, 0.3) is 0 Å². The van der Waals surface area contributed by atoms with Gasteiger partial charge in [-0.25, -0.2) is 0 Å². The smallest absolute Gasteiger partial charge is 0.0622 e. The molecule has 2 N–H and O–H groups in total. The van der Waals surface area contributed by atoms with E-state index in [1.807, 2.05) is 13.8 Å². The van der Waals surface area contributed by atoms with Crippen molar-refractivity contribution in [1.82, 2.24) is 0 Å². The molecular formula is C15H28O2. The van der Waals surface area contributed by atoms with E-state index in [9.17, 15) is 5.11 Å². The minimum atomic E-state index is -0.534. The molecule has 0 radical (unpaired) electrons. The molecule has 0 saturated carbocycles. The van der Waals surface area contributed by atoms with Gasteiger partial charge in [-0.2, -0.15) is 0 Å². The molecule has 0 saturated heterocycles. The lowest BCUT2D eigenvalue weighted by Crippen LogP contribution is -2.31. The van der Waals surface area contributed by atoms with Gasteiger partial charge in [-0.1, -0.05) is 18.6 Å². The summed E-state index contributed by atoms with van der Waals surface area (Å²) >= 11 is 0. The van der Waals surface area contributed by atoms with E-state index in [4.69, 9.17) is 5.11 Å². The molecule has 0 spiro atoms. The average molecular weight is 240 g/mol. The molecule has 17 heavy (non-hydrogen) atoms. The summed E-state index contributed by atoms with van der Waals surface area (Å²) in [6, 6.07) is 0. The molecule has 1 rings (SSSR count). The van der Waals surface area contributed by atoms with Crippen LogP contribution in [0.1, 0.15) is 59.3 Å². The van der Waals surface area contributed by atoms with Crippen molar-refractivity contribution in [2.75, 3.05) is 6.61 Å². The Bertz CT molecular complexity index is 250. The predicted octanol–water partition coefficient (Wildman–Crippen LogP) is 3.28. The van der Waals surface area contributed by atoms with Gasteiger partial charge in [-0.15, -0.1) is 0 Å². The summed E-state index contributed by atoms with van der Waals surface area (Å²) in [5, 5.41) is 18.9. The van der Waals surface area contributed by atoms with Crippen LogP contribution < -0.4 is 0 Å². The van der Waals surface area contributed by atoms with E-state index in [1.54, 1.807) is 5.57 Å². The number of allylic oxidation sites excluding steroid dienone is 2. The summed E-state index contributed by atoms with van der Waals surface area (Å²) in [6.45, 7) is 6.23. The molecule has 0 fully saturated rings. The third-order valence-electron chi connectivity index (χ3n) is 4.01. The fraction of sp³-hybridized carbons (Fsp3) is 0.867. The van der Waals surface area contributed by atoms with Gasteiger partial charge < -0.3 is 10.2 Å². The van der Waals surface area contributed by atoms with Gasteiger partial charge in [0, 0.05) is 6.61 Å². The molecule has 2 heteroatoms. The van der Waals surface area contributed by atoms with Gasteiger partial charge >= 0.3 is 0 Å². The summed E-state index contributed by atoms with van der Waals surface area (Å²) in [5.41, 5.74) is 1.02. The minimum Gasteiger partial charge on any atom is -0.396 e. The number of aliphatic hydroxyl groups is 2. The Morgan fingerprint density at radius 3 is 2.65 bits per heavy atom. The summed E-state index contributed by atoms with van der Waals surface area (Å²) in [5.74, 6) is 0.853. The molecule has 0 unspecified atom stereocenters. The van der Waals surface area contributed by atoms with Crippen LogP contribution in [0.25, 0.3) is 0 Å². The van der Waals surface area contributed by atoms with Crippen molar-refractivity contribution in [3.63, 3.8) is 0 Å². The highest BCUT2D eigenvalue weighted by Crippen LogP contribution is 2.33. The normalized spacial score (nSPS) is 23.4. The third kappa shape index (κ3) is 5.22. The van der Waals surface area contributed by atoms with E-state index >= 15 is 0 Å². The van der Waals surface area contributed by atoms with Crippen molar-refractivity contribution in [1.29, 1.82) is 0 Å². The topological polar surface area (TPSA) is 40.5 Å². The largest absolute Gasteiger partial charge is 0.396 e. The van der Waals surface area contributed by atoms with E-state index < -0.39 is 5.60 Å². The first kappa shape index (κ1) is 14.7. The zero-order valence-corrected chi connectivity index (χ0v) is 11.6. The molecule has 1 aliphatic rings. The molecule has 0 aromatic rings. The molecule has 2 atom stereocenters. The molecule has 0 amide bonds. The lowest BCUT2D eigenvalue weighted by Gasteiger charge is -2.32. The second kappa shape index (κ2) is 6.55. The van der Waals surface area contributed by atoms with Crippen LogP contribution in [-0.4, -0.2) is 22.4 Å². The molecule has 0 bridgehead atoms. The van der Waals surface area contributed by atoms with E-state index in [0.29, 0.717) is 18.4 Å². The van der Waals surface area contributed by atoms with Crippen molar-refractivity contribution in [2.45, 2.75) is 64.9 Å². The highest BCUT2D eigenvalue weighted by molar-refractivity contribution is 5.08. The van der Waals surface area contributed by atoms with E-state index in [0.717, 1.165) is 25.7 Å². The van der Waals surface area contributed by atoms with Crippen LogP contribution in [-0.2, 0) is 0 Å². The fourth-order valence-corrected chi connectivity index (χ4v) is 2.53. The summed E-state index contributed by atoms with van der Waals surface area (Å²) in [7, 11) is 0. The van der Waals surface area contributed by atoms with Crippen LogP contribution in [0.15, 0.2) is 11.6 Å². The molecule has 0 aliphatic heterocycles. The maximum Gasteiger partial charge on any atom is 0.0622 e. The number of hydrogen-bond acceptors (Lipinski definition) is 2. The molecule has 1 aliphatic carbocycles. The van der Waals surface area contributed by atoms with Crippen LogP contribution in [0.2, 0.25) is 0 Å².